The van der Waals surface area contributed by atoms with Gasteiger partial charge in [0.2, 0.25) is 0 Å². The summed E-state index contributed by atoms with van der Waals surface area (Å²) in [5, 5.41) is 0.951. The van der Waals surface area contributed by atoms with Crippen molar-refractivity contribution in [1.29, 1.82) is 0 Å². The first-order valence-electron chi connectivity index (χ1n) is 6.10. The van der Waals surface area contributed by atoms with Crippen molar-refractivity contribution in [2.24, 2.45) is 0 Å². The molecule has 2 aromatic heterocycles. The number of rotatable bonds is 0. The highest BCUT2D eigenvalue weighted by Crippen LogP contribution is 2.15. The molecule has 0 unspecified atom stereocenters. The van der Waals surface area contributed by atoms with E-state index in [0.29, 0.717) is 5.58 Å². The standard InChI is InChI=1S/C9H6O2.C7H5NS/c10-9-6-5-7-3-1-2-4-8(7)11-9;1-2-4-7-6(3-1)8-5-9-7/h1-6H;1-5H. The molecule has 0 spiro atoms. The van der Waals surface area contributed by atoms with Crippen LogP contribution in [0.3, 0.4) is 0 Å². The van der Waals surface area contributed by atoms with Gasteiger partial charge in [0.05, 0.1) is 15.7 Å². The molecule has 0 fully saturated rings. The van der Waals surface area contributed by atoms with Crippen LogP contribution in [-0.4, -0.2) is 4.98 Å². The molecule has 0 saturated carbocycles. The van der Waals surface area contributed by atoms with Crippen molar-refractivity contribution in [2.75, 3.05) is 0 Å². The van der Waals surface area contributed by atoms with E-state index in [9.17, 15) is 4.79 Å². The van der Waals surface area contributed by atoms with Crippen molar-refractivity contribution < 1.29 is 4.42 Å². The quantitative estimate of drug-likeness (QED) is 0.456. The normalized spacial score (nSPS) is 10.2. The first-order chi connectivity index (χ1) is 9.83. The first kappa shape index (κ1) is 12.6. The molecule has 0 aliphatic rings. The first-order valence-corrected chi connectivity index (χ1v) is 6.98. The van der Waals surface area contributed by atoms with E-state index in [4.69, 9.17) is 4.42 Å². The highest BCUT2D eigenvalue weighted by Gasteiger charge is 1.92. The Morgan fingerprint density at radius 1 is 0.900 bits per heavy atom. The van der Waals surface area contributed by atoms with Gasteiger partial charge in [-0.05, 0) is 24.3 Å². The molecule has 0 N–H and O–H groups in total. The maximum absolute atomic E-state index is 10.7. The summed E-state index contributed by atoms with van der Waals surface area (Å²) in [5.41, 5.74) is 3.30. The molecule has 0 atom stereocenters. The Kier molecular flexibility index (Phi) is 3.56. The van der Waals surface area contributed by atoms with Crippen molar-refractivity contribution in [3.8, 4) is 0 Å². The summed E-state index contributed by atoms with van der Waals surface area (Å²) < 4.78 is 6.17. The summed E-state index contributed by atoms with van der Waals surface area (Å²) >= 11 is 1.68. The average Bonchev–Trinajstić information content (AvgIpc) is 2.96. The van der Waals surface area contributed by atoms with Gasteiger partial charge in [-0.25, -0.2) is 9.78 Å². The van der Waals surface area contributed by atoms with Crippen molar-refractivity contribution in [3.05, 3.63) is 76.6 Å². The van der Waals surface area contributed by atoms with E-state index >= 15 is 0 Å². The second kappa shape index (κ2) is 5.67. The smallest absolute Gasteiger partial charge is 0.336 e. The number of benzene rings is 2. The molecule has 3 nitrogen and oxygen atoms in total. The summed E-state index contributed by atoms with van der Waals surface area (Å²) in [4.78, 5) is 14.9. The van der Waals surface area contributed by atoms with E-state index in [1.807, 2.05) is 41.9 Å². The molecule has 98 valence electrons. The molecule has 2 heterocycles. The lowest BCUT2D eigenvalue weighted by Crippen LogP contribution is -1.93. The monoisotopic (exact) mass is 281 g/mol. The zero-order valence-electron chi connectivity index (χ0n) is 10.5. The Balaban J connectivity index is 0.000000123. The lowest BCUT2D eigenvalue weighted by molar-refractivity contribution is 0.561. The Bertz CT molecular complexity index is 865. The molecule has 0 radical (unpaired) electrons. The fraction of sp³-hybridized carbons (Fsp3) is 0. The van der Waals surface area contributed by atoms with Gasteiger partial charge in [0.25, 0.3) is 0 Å². The van der Waals surface area contributed by atoms with Crippen LogP contribution in [0.2, 0.25) is 0 Å². The second-order valence-electron chi connectivity index (χ2n) is 4.11. The topological polar surface area (TPSA) is 43.1 Å². The predicted molar refractivity (Wildman–Crippen MR) is 82.1 cm³/mol. The van der Waals surface area contributed by atoms with Crippen LogP contribution in [0.5, 0.6) is 0 Å². The lowest BCUT2D eigenvalue weighted by Gasteiger charge is -1.91. The van der Waals surface area contributed by atoms with Crippen LogP contribution < -0.4 is 5.63 Å². The number of hydrogen-bond acceptors (Lipinski definition) is 4. The average molecular weight is 281 g/mol. The van der Waals surface area contributed by atoms with Crippen LogP contribution in [-0.2, 0) is 0 Å². The molecule has 2 aromatic carbocycles. The van der Waals surface area contributed by atoms with E-state index in [1.54, 1.807) is 23.5 Å². The molecular formula is C16H11NO2S. The minimum Gasteiger partial charge on any atom is -0.423 e. The van der Waals surface area contributed by atoms with Crippen LogP contribution in [0.4, 0.5) is 0 Å². The third kappa shape index (κ3) is 2.75. The summed E-state index contributed by atoms with van der Waals surface area (Å²) in [6.07, 6.45) is 0. The number of nitrogens with zero attached hydrogens (tertiary/aromatic N) is 1. The van der Waals surface area contributed by atoms with E-state index < -0.39 is 0 Å². The zero-order chi connectivity index (χ0) is 13.8. The zero-order valence-corrected chi connectivity index (χ0v) is 11.3. The van der Waals surface area contributed by atoms with Gasteiger partial charge >= 0.3 is 5.63 Å². The van der Waals surface area contributed by atoms with Crippen molar-refractivity contribution in [3.63, 3.8) is 0 Å². The molecule has 4 rings (SSSR count). The van der Waals surface area contributed by atoms with Gasteiger partial charge in [-0.15, -0.1) is 11.3 Å². The Labute approximate surface area is 119 Å². The van der Waals surface area contributed by atoms with Gasteiger partial charge in [0.1, 0.15) is 5.58 Å². The molecule has 0 bridgehead atoms. The molecule has 4 heteroatoms. The molecule has 20 heavy (non-hydrogen) atoms. The van der Waals surface area contributed by atoms with E-state index in [0.717, 1.165) is 10.9 Å². The summed E-state index contributed by atoms with van der Waals surface area (Å²) in [7, 11) is 0. The number of hydrogen-bond donors (Lipinski definition) is 0. The van der Waals surface area contributed by atoms with Crippen molar-refractivity contribution >= 4 is 32.5 Å². The lowest BCUT2D eigenvalue weighted by atomic mass is 10.2. The molecule has 0 amide bonds. The molecule has 0 aliphatic heterocycles. The fourth-order valence-electron chi connectivity index (χ4n) is 1.81. The molecule has 4 aromatic rings. The minimum absolute atomic E-state index is 0.302. The third-order valence-corrected chi connectivity index (χ3v) is 3.58. The fourth-order valence-corrected chi connectivity index (χ4v) is 2.49. The summed E-state index contributed by atoms with van der Waals surface area (Å²) in [6.45, 7) is 0. The van der Waals surface area contributed by atoms with Crippen molar-refractivity contribution in [2.45, 2.75) is 0 Å². The number of thiazole rings is 1. The second-order valence-corrected chi connectivity index (χ2v) is 5.00. The predicted octanol–water partition coefficient (Wildman–Crippen LogP) is 4.09. The minimum atomic E-state index is -0.302. The van der Waals surface area contributed by atoms with Gasteiger partial charge < -0.3 is 4.42 Å². The summed E-state index contributed by atoms with van der Waals surface area (Å²) in [6, 6.07) is 18.7. The largest absolute Gasteiger partial charge is 0.423 e. The third-order valence-electron chi connectivity index (χ3n) is 2.77. The molecule has 0 aliphatic carbocycles. The van der Waals surface area contributed by atoms with Gasteiger partial charge in [-0.2, -0.15) is 0 Å². The number of aromatic nitrogens is 1. The van der Waals surface area contributed by atoms with Crippen LogP contribution in [0.25, 0.3) is 21.2 Å². The van der Waals surface area contributed by atoms with Crippen LogP contribution in [0.15, 0.2) is 75.4 Å². The number of fused-ring (bicyclic) bond motifs is 2. The van der Waals surface area contributed by atoms with Gasteiger partial charge in [-0.3, -0.25) is 0 Å². The van der Waals surface area contributed by atoms with E-state index in [1.165, 1.54) is 10.8 Å². The molecule has 0 saturated heterocycles. The van der Waals surface area contributed by atoms with Gasteiger partial charge in [0.15, 0.2) is 0 Å². The SMILES string of the molecule is O=c1ccc2ccccc2o1.c1ccc2scnc2c1. The van der Waals surface area contributed by atoms with Crippen LogP contribution >= 0.6 is 11.3 Å². The Morgan fingerprint density at radius 3 is 2.60 bits per heavy atom. The van der Waals surface area contributed by atoms with E-state index in [-0.39, 0.29) is 5.63 Å². The van der Waals surface area contributed by atoms with E-state index in [2.05, 4.69) is 11.1 Å². The van der Waals surface area contributed by atoms with Crippen LogP contribution in [0.1, 0.15) is 0 Å². The number of para-hydroxylation sites is 2. The molecular weight excluding hydrogens is 270 g/mol. The van der Waals surface area contributed by atoms with Gasteiger partial charge in [-0.1, -0.05) is 30.3 Å². The highest BCUT2D eigenvalue weighted by atomic mass is 32.1. The Hall–Kier alpha value is -2.46. The summed E-state index contributed by atoms with van der Waals surface area (Å²) in [5.74, 6) is 0. The van der Waals surface area contributed by atoms with Crippen molar-refractivity contribution in [1.82, 2.24) is 4.98 Å². The maximum atomic E-state index is 10.7. The van der Waals surface area contributed by atoms with Gasteiger partial charge in [0, 0.05) is 11.5 Å². The highest BCUT2D eigenvalue weighted by molar-refractivity contribution is 7.16. The van der Waals surface area contributed by atoms with Crippen LogP contribution in [0, 0.1) is 0 Å². The Morgan fingerprint density at radius 2 is 1.70 bits per heavy atom. The maximum Gasteiger partial charge on any atom is 0.336 e.